The van der Waals surface area contributed by atoms with Crippen molar-refractivity contribution in [3.05, 3.63) is 18.5 Å². The van der Waals surface area contributed by atoms with Crippen LogP contribution in [0.25, 0.3) is 0 Å². The van der Waals surface area contributed by atoms with Gasteiger partial charge in [-0.05, 0) is 12.0 Å². The van der Waals surface area contributed by atoms with Gasteiger partial charge in [0.1, 0.15) is 0 Å². The second-order valence-corrected chi connectivity index (χ2v) is 6.62. The van der Waals surface area contributed by atoms with E-state index in [1.165, 1.54) is 6.54 Å². The van der Waals surface area contributed by atoms with Gasteiger partial charge in [0.2, 0.25) is 5.91 Å². The summed E-state index contributed by atoms with van der Waals surface area (Å²) in [6, 6.07) is 2.61. The Kier molecular flexibility index (Phi) is 4.78. The van der Waals surface area contributed by atoms with E-state index in [2.05, 4.69) is 21.8 Å². The Morgan fingerprint density at radius 1 is 1.18 bits per heavy atom. The molecule has 3 heterocycles. The Balaban J connectivity index is 1.48. The second-order valence-electron chi connectivity index (χ2n) is 6.62. The van der Waals surface area contributed by atoms with Crippen molar-refractivity contribution in [2.75, 3.05) is 45.8 Å². The molecule has 0 aliphatic carbocycles. The van der Waals surface area contributed by atoms with Gasteiger partial charge in [-0.1, -0.05) is 6.92 Å². The Hall–Kier alpha value is -1.40. The van der Waals surface area contributed by atoms with E-state index in [9.17, 15) is 4.79 Å². The molecule has 1 aromatic rings. The largest absolute Gasteiger partial charge is 0.340 e. The summed E-state index contributed by atoms with van der Waals surface area (Å²) in [5, 5.41) is 4.27. The zero-order valence-corrected chi connectivity index (χ0v) is 13.7. The molecule has 22 heavy (non-hydrogen) atoms. The highest BCUT2D eigenvalue weighted by Gasteiger charge is 2.35. The first kappa shape index (κ1) is 15.5. The van der Waals surface area contributed by atoms with E-state index >= 15 is 0 Å². The number of nitrogens with zero attached hydrogens (tertiary/aromatic N) is 5. The molecule has 6 heteroatoms. The fourth-order valence-electron chi connectivity index (χ4n) is 3.75. The third-order valence-corrected chi connectivity index (χ3v) is 5.08. The van der Waals surface area contributed by atoms with Crippen molar-refractivity contribution in [2.45, 2.75) is 26.4 Å². The lowest BCUT2D eigenvalue weighted by atomic mass is 10.0. The number of hydrogen-bond donors (Lipinski definition) is 0. The van der Waals surface area contributed by atoms with Crippen molar-refractivity contribution in [1.29, 1.82) is 0 Å². The van der Waals surface area contributed by atoms with Crippen molar-refractivity contribution in [3.63, 3.8) is 0 Å². The maximum Gasteiger partial charge on any atom is 0.219 e. The predicted octanol–water partition coefficient (Wildman–Crippen LogP) is 0.368. The molecule has 2 aliphatic rings. The summed E-state index contributed by atoms with van der Waals surface area (Å²) >= 11 is 0. The highest BCUT2D eigenvalue weighted by molar-refractivity contribution is 5.73. The molecule has 3 rings (SSSR count). The second kappa shape index (κ2) is 6.79. The van der Waals surface area contributed by atoms with Crippen molar-refractivity contribution < 1.29 is 4.79 Å². The molecule has 0 unspecified atom stereocenters. The first-order valence-corrected chi connectivity index (χ1v) is 8.33. The summed E-state index contributed by atoms with van der Waals surface area (Å²) in [5.74, 6) is 0.904. The van der Waals surface area contributed by atoms with E-state index in [1.807, 2.05) is 28.0 Å². The van der Waals surface area contributed by atoms with Crippen LogP contribution in [0.3, 0.4) is 0 Å². The van der Waals surface area contributed by atoms with Gasteiger partial charge in [-0.3, -0.25) is 19.3 Å². The third kappa shape index (κ3) is 3.50. The zero-order valence-electron chi connectivity index (χ0n) is 13.7. The molecule has 0 aromatic carbocycles. The number of amides is 1. The number of aromatic nitrogens is 2. The normalized spacial score (nSPS) is 27.5. The van der Waals surface area contributed by atoms with Crippen LogP contribution in [0.5, 0.6) is 0 Å². The molecule has 2 aliphatic heterocycles. The van der Waals surface area contributed by atoms with Crippen LogP contribution < -0.4 is 0 Å². The number of carbonyl (C=O) groups is 1. The number of likely N-dealkylation sites (tertiary alicyclic amines) is 1. The lowest BCUT2D eigenvalue weighted by Crippen LogP contribution is -2.53. The molecule has 2 saturated heterocycles. The minimum atomic E-state index is 0.208. The van der Waals surface area contributed by atoms with E-state index in [4.69, 9.17) is 0 Å². The number of rotatable bonds is 4. The molecule has 0 bridgehead atoms. The summed E-state index contributed by atoms with van der Waals surface area (Å²) in [5.41, 5.74) is 0. The van der Waals surface area contributed by atoms with Gasteiger partial charge in [0.25, 0.3) is 0 Å². The lowest BCUT2D eigenvalue weighted by molar-refractivity contribution is -0.130. The first-order chi connectivity index (χ1) is 10.6. The van der Waals surface area contributed by atoms with E-state index in [0.29, 0.717) is 12.0 Å². The predicted molar refractivity (Wildman–Crippen MR) is 85.4 cm³/mol. The Morgan fingerprint density at radius 3 is 2.59 bits per heavy atom. The number of piperazine rings is 1. The molecular formula is C16H27N5O. The topological polar surface area (TPSA) is 44.6 Å². The van der Waals surface area contributed by atoms with E-state index in [0.717, 1.165) is 45.8 Å². The van der Waals surface area contributed by atoms with Gasteiger partial charge in [0.15, 0.2) is 0 Å². The van der Waals surface area contributed by atoms with Gasteiger partial charge in [-0.25, -0.2) is 0 Å². The van der Waals surface area contributed by atoms with E-state index in [-0.39, 0.29) is 5.91 Å². The van der Waals surface area contributed by atoms with Crippen molar-refractivity contribution in [1.82, 2.24) is 24.5 Å². The molecule has 2 atom stereocenters. The summed E-state index contributed by atoms with van der Waals surface area (Å²) in [7, 11) is 0. The average molecular weight is 305 g/mol. The van der Waals surface area contributed by atoms with Crippen LogP contribution in [-0.2, 0) is 11.3 Å². The minimum absolute atomic E-state index is 0.208. The fourth-order valence-corrected chi connectivity index (χ4v) is 3.75. The molecule has 0 spiro atoms. The van der Waals surface area contributed by atoms with Crippen LogP contribution >= 0.6 is 0 Å². The molecule has 0 N–H and O–H groups in total. The molecular weight excluding hydrogens is 278 g/mol. The monoisotopic (exact) mass is 305 g/mol. The minimum Gasteiger partial charge on any atom is -0.340 e. The fraction of sp³-hybridized carbons (Fsp3) is 0.750. The van der Waals surface area contributed by atoms with Gasteiger partial charge in [0.05, 0.1) is 6.54 Å². The number of hydrogen-bond acceptors (Lipinski definition) is 4. The van der Waals surface area contributed by atoms with Gasteiger partial charge in [-0.15, -0.1) is 0 Å². The van der Waals surface area contributed by atoms with E-state index < -0.39 is 0 Å². The van der Waals surface area contributed by atoms with Crippen LogP contribution in [0.15, 0.2) is 18.5 Å². The van der Waals surface area contributed by atoms with Gasteiger partial charge < -0.3 is 4.90 Å². The highest BCUT2D eigenvalue weighted by atomic mass is 16.2. The molecule has 0 radical (unpaired) electrons. The van der Waals surface area contributed by atoms with Crippen LogP contribution in [0.1, 0.15) is 13.8 Å². The van der Waals surface area contributed by atoms with E-state index in [1.54, 1.807) is 6.92 Å². The van der Waals surface area contributed by atoms with Gasteiger partial charge in [-0.2, -0.15) is 5.10 Å². The Labute approximate surface area is 132 Å². The van der Waals surface area contributed by atoms with Crippen molar-refractivity contribution in [2.24, 2.45) is 5.92 Å². The lowest BCUT2D eigenvalue weighted by Gasteiger charge is -2.39. The molecule has 1 aromatic heterocycles. The summed E-state index contributed by atoms with van der Waals surface area (Å²) < 4.78 is 2.00. The molecule has 1 amide bonds. The molecule has 122 valence electrons. The Bertz CT molecular complexity index is 481. The molecule has 6 nitrogen and oxygen atoms in total. The van der Waals surface area contributed by atoms with Gasteiger partial charge in [0, 0.05) is 71.2 Å². The quantitative estimate of drug-likeness (QED) is 0.806. The Morgan fingerprint density at radius 2 is 1.95 bits per heavy atom. The average Bonchev–Trinajstić information content (AvgIpc) is 3.14. The summed E-state index contributed by atoms with van der Waals surface area (Å²) in [6.45, 7) is 12.2. The third-order valence-electron chi connectivity index (χ3n) is 5.08. The SMILES string of the molecule is CC(=O)N1CCN([C@H]2CN(CCn3cccn3)C[C@@H]2C)CC1. The van der Waals surface area contributed by atoms with Crippen LogP contribution in [0.4, 0.5) is 0 Å². The maximum absolute atomic E-state index is 11.4. The van der Waals surface area contributed by atoms with Crippen LogP contribution in [0.2, 0.25) is 0 Å². The number of carbonyl (C=O) groups excluding carboxylic acids is 1. The first-order valence-electron chi connectivity index (χ1n) is 8.33. The van der Waals surface area contributed by atoms with Crippen molar-refractivity contribution in [3.8, 4) is 0 Å². The van der Waals surface area contributed by atoms with Crippen LogP contribution in [-0.4, -0.2) is 82.2 Å². The standard InChI is InChI=1S/C16H27N5O/c1-14-12-18(6-11-21-5-3-4-17-21)13-16(14)20-9-7-19(8-10-20)15(2)22/h3-5,14,16H,6-13H2,1-2H3/t14-,16-/m0/s1. The maximum atomic E-state index is 11.4. The zero-order chi connectivity index (χ0) is 15.5. The van der Waals surface area contributed by atoms with Crippen LogP contribution in [0, 0.1) is 5.92 Å². The summed E-state index contributed by atoms with van der Waals surface area (Å²) in [4.78, 5) is 18.5. The van der Waals surface area contributed by atoms with Crippen molar-refractivity contribution >= 4 is 5.91 Å². The molecule has 2 fully saturated rings. The molecule has 0 saturated carbocycles. The highest BCUT2D eigenvalue weighted by Crippen LogP contribution is 2.23. The summed E-state index contributed by atoms with van der Waals surface area (Å²) in [6.07, 6.45) is 3.86. The van der Waals surface area contributed by atoms with Gasteiger partial charge >= 0.3 is 0 Å². The smallest absolute Gasteiger partial charge is 0.219 e.